The van der Waals surface area contributed by atoms with Gasteiger partial charge in [-0.25, -0.2) is 4.79 Å². The maximum absolute atomic E-state index is 12.1. The highest BCUT2D eigenvalue weighted by molar-refractivity contribution is 6.31. The van der Waals surface area contributed by atoms with Crippen molar-refractivity contribution in [1.82, 2.24) is 10.6 Å². The van der Waals surface area contributed by atoms with Gasteiger partial charge in [0.2, 0.25) is 12.4 Å². The molecule has 2 N–H and O–H groups in total. The quantitative estimate of drug-likeness (QED) is 0.184. The maximum Gasteiger partial charge on any atom is 0.328 e. The molecule has 1 aromatic rings. The Labute approximate surface area is 227 Å². The first kappa shape index (κ1) is 29.8. The average Bonchev–Trinajstić information content (AvgIpc) is 2.83. The maximum atomic E-state index is 12.1. The van der Waals surface area contributed by atoms with Crippen LogP contribution in [0.1, 0.15) is 33.3 Å². The highest BCUT2D eigenvalue weighted by Gasteiger charge is 2.53. The summed E-state index contributed by atoms with van der Waals surface area (Å²) in [5, 5.41) is 3.91. The largest absolute Gasteiger partial charge is 0.463 e. The molecule has 3 rings (SSSR count). The third-order valence-electron chi connectivity index (χ3n) is 5.31. The third kappa shape index (κ3) is 7.86. The van der Waals surface area contributed by atoms with Crippen molar-refractivity contribution in [2.24, 2.45) is 0 Å². The van der Waals surface area contributed by atoms with Gasteiger partial charge in [0.1, 0.15) is 24.0 Å². The van der Waals surface area contributed by atoms with Crippen molar-refractivity contribution < 1.29 is 62.0 Å². The Morgan fingerprint density at radius 2 is 1.40 bits per heavy atom. The molecule has 2 aliphatic heterocycles. The minimum Gasteiger partial charge on any atom is -0.463 e. The van der Waals surface area contributed by atoms with Gasteiger partial charge >= 0.3 is 29.9 Å². The van der Waals surface area contributed by atoms with Gasteiger partial charge in [0.25, 0.3) is 11.8 Å². The number of benzene rings is 1. The van der Waals surface area contributed by atoms with E-state index in [1.54, 1.807) is 0 Å². The van der Waals surface area contributed by atoms with Gasteiger partial charge in [0.15, 0.2) is 12.2 Å². The average molecular weight is 562 g/mol. The van der Waals surface area contributed by atoms with Crippen molar-refractivity contribution in [3.05, 3.63) is 35.4 Å². The zero-order valence-electron chi connectivity index (χ0n) is 21.8. The summed E-state index contributed by atoms with van der Waals surface area (Å²) in [5.74, 6) is -4.78. The number of carbonyl (C=O) groups is 7. The molecule has 0 radical (unpaired) electrons. The van der Waals surface area contributed by atoms with Crippen LogP contribution in [0.5, 0.6) is 5.75 Å². The standard InChI is InChI=1S/C25H26N2O13/c1-11(28)35-10-18-19(36-12(2)29)20(37-13(3)30)21(38-14(4)31)24(40-18)39-16-7-5-6-15(8-16)9-17-22(32)26-25(34)27-23(17)33/h5-9,18-21,24H,10H2,1-4H3,(H2,26,27,32,33,34)/t18-,19-,20+,21-,24-/m1/s1. The van der Waals surface area contributed by atoms with Crippen LogP contribution in [0.15, 0.2) is 29.8 Å². The monoisotopic (exact) mass is 562 g/mol. The SMILES string of the molecule is CC(=O)OC[C@H]1O[C@@H](Oc2cccc(C=C3C(=O)NC(=O)NC3=O)c2)[C@H](OC(C)=O)[C@@H](OC(C)=O)[C@@H]1OC(C)=O. The number of nitrogens with one attached hydrogen (secondary N) is 2. The lowest BCUT2D eigenvalue weighted by Gasteiger charge is -2.43. The predicted octanol–water partition coefficient (Wildman–Crippen LogP) is -0.102. The van der Waals surface area contributed by atoms with Crippen molar-refractivity contribution in [3.63, 3.8) is 0 Å². The molecule has 5 atom stereocenters. The molecule has 0 bridgehead atoms. The molecule has 2 fully saturated rings. The number of carbonyl (C=O) groups excluding carboxylic acids is 7. The van der Waals surface area contributed by atoms with Crippen LogP contribution in [0.25, 0.3) is 6.08 Å². The molecule has 0 spiro atoms. The summed E-state index contributed by atoms with van der Waals surface area (Å²) in [4.78, 5) is 82.7. The fourth-order valence-electron chi connectivity index (χ4n) is 3.87. The van der Waals surface area contributed by atoms with Crippen molar-refractivity contribution in [1.29, 1.82) is 0 Å². The van der Waals surface area contributed by atoms with E-state index in [4.69, 9.17) is 28.4 Å². The van der Waals surface area contributed by atoms with Gasteiger partial charge in [-0.05, 0) is 23.8 Å². The zero-order chi connectivity index (χ0) is 29.6. The second kappa shape index (κ2) is 12.8. The molecule has 0 aliphatic carbocycles. The molecule has 15 nitrogen and oxygen atoms in total. The summed E-state index contributed by atoms with van der Waals surface area (Å²) < 4.78 is 32.8. The third-order valence-corrected chi connectivity index (χ3v) is 5.31. The minimum atomic E-state index is -1.48. The number of barbiturate groups is 1. The summed E-state index contributed by atoms with van der Waals surface area (Å²) in [6, 6.07) is 4.97. The van der Waals surface area contributed by atoms with Gasteiger partial charge in [-0.3, -0.25) is 39.4 Å². The first-order valence-electron chi connectivity index (χ1n) is 11.8. The molecule has 0 unspecified atom stereocenters. The molecule has 1 aromatic carbocycles. The molecule has 0 saturated carbocycles. The molecule has 4 amide bonds. The van der Waals surface area contributed by atoms with E-state index in [1.165, 1.54) is 30.3 Å². The van der Waals surface area contributed by atoms with Gasteiger partial charge < -0.3 is 28.4 Å². The molecule has 2 heterocycles. The Bertz CT molecular complexity index is 1230. The van der Waals surface area contributed by atoms with Crippen LogP contribution in [0.3, 0.4) is 0 Å². The fraction of sp³-hybridized carbons (Fsp3) is 0.400. The Morgan fingerprint density at radius 1 is 0.825 bits per heavy atom. The summed E-state index contributed by atoms with van der Waals surface area (Å²) >= 11 is 0. The van der Waals surface area contributed by atoms with E-state index in [-0.39, 0.29) is 11.3 Å². The summed E-state index contributed by atoms with van der Waals surface area (Å²) in [6.45, 7) is 3.98. The van der Waals surface area contributed by atoms with E-state index < -0.39 is 79.0 Å². The zero-order valence-corrected chi connectivity index (χ0v) is 21.8. The van der Waals surface area contributed by atoms with Crippen LogP contribution in [0, 0.1) is 0 Å². The highest BCUT2D eigenvalue weighted by Crippen LogP contribution is 2.31. The van der Waals surface area contributed by atoms with Crippen LogP contribution < -0.4 is 15.4 Å². The number of ether oxygens (including phenoxy) is 6. The van der Waals surface area contributed by atoms with Gasteiger partial charge in [0.05, 0.1) is 0 Å². The summed E-state index contributed by atoms with van der Waals surface area (Å²) in [5.41, 5.74) is -0.0400. The number of amides is 4. The second-order valence-corrected chi connectivity index (χ2v) is 8.55. The summed E-state index contributed by atoms with van der Waals surface area (Å²) in [7, 11) is 0. The molecule has 15 heteroatoms. The lowest BCUT2D eigenvalue weighted by molar-refractivity contribution is -0.288. The van der Waals surface area contributed by atoms with Crippen molar-refractivity contribution in [2.75, 3.05) is 6.61 Å². The van der Waals surface area contributed by atoms with Gasteiger partial charge in [0, 0.05) is 27.7 Å². The molecule has 214 valence electrons. The Kier molecular flexibility index (Phi) is 9.55. The fourth-order valence-corrected chi connectivity index (χ4v) is 3.87. The van der Waals surface area contributed by atoms with Gasteiger partial charge in [-0.2, -0.15) is 0 Å². The number of hydrogen-bond acceptors (Lipinski definition) is 13. The van der Waals surface area contributed by atoms with E-state index in [0.29, 0.717) is 5.56 Å². The van der Waals surface area contributed by atoms with Crippen LogP contribution in [-0.4, -0.2) is 79.0 Å². The Hall–Kier alpha value is -4.79. The first-order chi connectivity index (χ1) is 18.8. The number of esters is 4. The Morgan fingerprint density at radius 3 is 1.98 bits per heavy atom. The first-order valence-corrected chi connectivity index (χ1v) is 11.8. The van der Waals surface area contributed by atoms with Gasteiger partial charge in [-0.15, -0.1) is 0 Å². The van der Waals surface area contributed by atoms with E-state index in [2.05, 4.69) is 0 Å². The predicted molar refractivity (Wildman–Crippen MR) is 129 cm³/mol. The van der Waals surface area contributed by atoms with Crippen LogP contribution >= 0.6 is 0 Å². The second-order valence-electron chi connectivity index (χ2n) is 8.55. The smallest absolute Gasteiger partial charge is 0.328 e. The van der Waals surface area contributed by atoms with E-state index in [1.807, 2.05) is 10.6 Å². The lowest BCUT2D eigenvalue weighted by atomic mass is 9.98. The van der Waals surface area contributed by atoms with Crippen molar-refractivity contribution in [2.45, 2.75) is 58.4 Å². The summed E-state index contributed by atoms with van der Waals surface area (Å²) in [6.07, 6.45) is -5.73. The van der Waals surface area contributed by atoms with Gasteiger partial charge in [-0.1, -0.05) is 12.1 Å². The van der Waals surface area contributed by atoms with E-state index in [9.17, 15) is 33.6 Å². The molecule has 40 heavy (non-hydrogen) atoms. The number of imide groups is 2. The van der Waals surface area contributed by atoms with Crippen LogP contribution in [-0.2, 0) is 52.5 Å². The topological polar surface area (TPSA) is 199 Å². The minimum absolute atomic E-state index is 0.0861. The molecule has 2 saturated heterocycles. The highest BCUT2D eigenvalue weighted by atomic mass is 16.7. The van der Waals surface area contributed by atoms with Crippen molar-refractivity contribution in [3.8, 4) is 5.75 Å². The molecular weight excluding hydrogens is 536 g/mol. The number of hydrogen-bond donors (Lipinski definition) is 2. The molecular formula is C25H26N2O13. The lowest BCUT2D eigenvalue weighted by Crippen LogP contribution is -2.63. The number of rotatable bonds is 8. The Balaban J connectivity index is 1.97. The van der Waals surface area contributed by atoms with E-state index >= 15 is 0 Å². The molecule has 2 aliphatic rings. The van der Waals surface area contributed by atoms with Crippen LogP contribution in [0.2, 0.25) is 0 Å². The normalized spacial score (nSPS) is 24.1. The van der Waals surface area contributed by atoms with Crippen molar-refractivity contribution >= 4 is 47.8 Å². The molecule has 0 aromatic heterocycles. The van der Waals surface area contributed by atoms with Crippen LogP contribution in [0.4, 0.5) is 4.79 Å². The van der Waals surface area contributed by atoms with E-state index in [0.717, 1.165) is 27.7 Å². The number of urea groups is 1.